The van der Waals surface area contributed by atoms with E-state index in [2.05, 4.69) is 28.2 Å². The van der Waals surface area contributed by atoms with Gasteiger partial charge in [0.15, 0.2) is 0 Å². The fourth-order valence-electron chi connectivity index (χ4n) is 2.57. The van der Waals surface area contributed by atoms with Crippen molar-refractivity contribution >= 4 is 11.6 Å². The van der Waals surface area contributed by atoms with Crippen molar-refractivity contribution in [1.82, 2.24) is 15.2 Å². The van der Waals surface area contributed by atoms with Crippen LogP contribution in [-0.2, 0) is 6.54 Å². The summed E-state index contributed by atoms with van der Waals surface area (Å²) in [4.78, 5) is 6.93. The summed E-state index contributed by atoms with van der Waals surface area (Å²) in [6, 6.07) is 6.51. The van der Waals surface area contributed by atoms with Crippen LogP contribution in [0.2, 0.25) is 5.15 Å². The molecule has 18 heavy (non-hydrogen) atoms. The number of aromatic nitrogens is 1. The van der Waals surface area contributed by atoms with Crippen molar-refractivity contribution < 1.29 is 0 Å². The van der Waals surface area contributed by atoms with Crippen molar-refractivity contribution in [3.8, 4) is 0 Å². The Balaban J connectivity index is 2.00. The van der Waals surface area contributed by atoms with Gasteiger partial charge in [0.05, 0.1) is 5.69 Å². The monoisotopic (exact) mass is 267 g/mol. The molecular formula is C14H22ClN3. The van der Waals surface area contributed by atoms with Gasteiger partial charge in [-0.2, -0.15) is 0 Å². The Morgan fingerprint density at radius 3 is 3.06 bits per heavy atom. The molecule has 0 saturated carbocycles. The van der Waals surface area contributed by atoms with E-state index < -0.39 is 0 Å². The quantitative estimate of drug-likeness (QED) is 0.832. The maximum atomic E-state index is 5.95. The molecule has 1 unspecified atom stereocenters. The Morgan fingerprint density at radius 1 is 1.50 bits per heavy atom. The zero-order chi connectivity index (χ0) is 12.8. The number of hydrogen-bond donors (Lipinski definition) is 1. The largest absolute Gasteiger partial charge is 0.315 e. The molecule has 1 N–H and O–H groups in total. The molecule has 0 amide bonds. The number of hydrogen-bond acceptors (Lipinski definition) is 3. The number of nitrogens with zero attached hydrogens (tertiary/aromatic N) is 2. The molecular weight excluding hydrogens is 246 g/mol. The minimum atomic E-state index is 0.589. The van der Waals surface area contributed by atoms with Crippen molar-refractivity contribution in [2.45, 2.75) is 38.8 Å². The lowest BCUT2D eigenvalue weighted by atomic mass is 10.1. The van der Waals surface area contributed by atoms with Gasteiger partial charge in [0.2, 0.25) is 0 Å². The van der Waals surface area contributed by atoms with Crippen LogP contribution in [0, 0.1) is 0 Å². The molecule has 1 atom stereocenters. The zero-order valence-corrected chi connectivity index (χ0v) is 11.8. The molecule has 2 heterocycles. The Bertz CT molecular complexity index is 364. The summed E-state index contributed by atoms with van der Waals surface area (Å²) >= 11 is 5.95. The molecule has 1 aromatic heterocycles. The molecule has 0 aromatic carbocycles. The third-order valence-electron chi connectivity index (χ3n) is 3.44. The normalized spacial score (nSPS) is 20.3. The van der Waals surface area contributed by atoms with Crippen LogP contribution in [0.15, 0.2) is 18.2 Å². The van der Waals surface area contributed by atoms with Gasteiger partial charge in [-0.05, 0) is 44.5 Å². The third-order valence-corrected chi connectivity index (χ3v) is 3.65. The lowest BCUT2D eigenvalue weighted by molar-refractivity contribution is 0.156. The van der Waals surface area contributed by atoms with E-state index in [0.29, 0.717) is 11.2 Å². The molecule has 0 spiro atoms. The van der Waals surface area contributed by atoms with Gasteiger partial charge in [0, 0.05) is 19.1 Å². The van der Waals surface area contributed by atoms with Crippen molar-refractivity contribution in [3.63, 3.8) is 0 Å². The molecule has 1 aromatic rings. The van der Waals surface area contributed by atoms with Crippen molar-refractivity contribution in [1.29, 1.82) is 0 Å². The molecule has 4 heteroatoms. The van der Waals surface area contributed by atoms with E-state index in [-0.39, 0.29) is 0 Å². The van der Waals surface area contributed by atoms with Crippen LogP contribution in [0.3, 0.4) is 0 Å². The van der Waals surface area contributed by atoms with Gasteiger partial charge in [-0.3, -0.25) is 4.90 Å². The second-order valence-corrected chi connectivity index (χ2v) is 5.31. The maximum Gasteiger partial charge on any atom is 0.129 e. The molecule has 0 bridgehead atoms. The third kappa shape index (κ3) is 3.94. The first-order valence-corrected chi connectivity index (χ1v) is 7.23. The van der Waals surface area contributed by atoms with E-state index in [4.69, 9.17) is 11.6 Å². The van der Waals surface area contributed by atoms with E-state index in [1.54, 1.807) is 0 Å². The first-order chi connectivity index (χ1) is 8.79. The zero-order valence-electron chi connectivity index (χ0n) is 11.0. The highest BCUT2D eigenvalue weighted by Gasteiger charge is 2.20. The van der Waals surface area contributed by atoms with Gasteiger partial charge in [0.1, 0.15) is 5.15 Å². The van der Waals surface area contributed by atoms with Crippen molar-refractivity contribution in [3.05, 3.63) is 29.0 Å². The predicted octanol–water partition coefficient (Wildman–Crippen LogP) is 2.70. The molecule has 0 aliphatic carbocycles. The average Bonchev–Trinajstić information content (AvgIpc) is 2.39. The summed E-state index contributed by atoms with van der Waals surface area (Å²) in [6.45, 7) is 6.52. The summed E-state index contributed by atoms with van der Waals surface area (Å²) in [7, 11) is 0. The Labute approximate surface area is 115 Å². The predicted molar refractivity (Wildman–Crippen MR) is 75.8 cm³/mol. The minimum absolute atomic E-state index is 0.589. The second kappa shape index (κ2) is 7.07. The fraction of sp³-hybridized carbons (Fsp3) is 0.643. The molecule has 1 saturated heterocycles. The first-order valence-electron chi connectivity index (χ1n) is 6.86. The summed E-state index contributed by atoms with van der Waals surface area (Å²) in [5, 5.41) is 4.07. The Hall–Kier alpha value is -0.640. The second-order valence-electron chi connectivity index (χ2n) is 4.92. The molecule has 1 fully saturated rings. The Morgan fingerprint density at radius 2 is 2.39 bits per heavy atom. The van der Waals surface area contributed by atoms with E-state index in [1.165, 1.54) is 19.3 Å². The van der Waals surface area contributed by atoms with Crippen molar-refractivity contribution in [2.24, 2.45) is 0 Å². The average molecular weight is 268 g/mol. The van der Waals surface area contributed by atoms with Crippen molar-refractivity contribution in [2.75, 3.05) is 19.6 Å². The summed E-state index contributed by atoms with van der Waals surface area (Å²) in [5.74, 6) is 0. The lowest BCUT2D eigenvalue weighted by Crippen LogP contribution is -2.46. The molecule has 1 aliphatic rings. The number of pyridine rings is 1. The highest BCUT2D eigenvalue weighted by atomic mass is 35.5. The van der Waals surface area contributed by atoms with E-state index in [1.807, 2.05) is 12.1 Å². The standard InChI is InChI=1S/C14H22ClN3/c1-2-9-18(13-6-4-8-16-10-13)11-12-5-3-7-14(15)17-12/h3,5,7,13,16H,2,4,6,8-11H2,1H3. The number of nitrogens with one attached hydrogen (secondary N) is 1. The molecule has 0 radical (unpaired) electrons. The van der Waals surface area contributed by atoms with E-state index in [0.717, 1.165) is 31.9 Å². The topological polar surface area (TPSA) is 28.2 Å². The van der Waals surface area contributed by atoms with E-state index in [9.17, 15) is 0 Å². The Kier molecular flexibility index (Phi) is 5.42. The smallest absolute Gasteiger partial charge is 0.129 e. The summed E-state index contributed by atoms with van der Waals surface area (Å²) < 4.78 is 0. The van der Waals surface area contributed by atoms with Gasteiger partial charge in [-0.1, -0.05) is 24.6 Å². The van der Waals surface area contributed by atoms with Crippen LogP contribution < -0.4 is 5.32 Å². The number of piperidine rings is 1. The van der Waals surface area contributed by atoms with Gasteiger partial charge in [-0.15, -0.1) is 0 Å². The maximum absolute atomic E-state index is 5.95. The number of rotatable bonds is 5. The molecule has 2 rings (SSSR count). The highest BCUT2D eigenvalue weighted by molar-refractivity contribution is 6.29. The van der Waals surface area contributed by atoms with Crippen LogP contribution in [0.4, 0.5) is 0 Å². The SMILES string of the molecule is CCCN(Cc1cccc(Cl)n1)C1CCCNC1. The van der Waals surface area contributed by atoms with Crippen LogP contribution in [0.25, 0.3) is 0 Å². The van der Waals surface area contributed by atoms with E-state index >= 15 is 0 Å². The first kappa shape index (κ1) is 13.8. The van der Waals surface area contributed by atoms with Crippen LogP contribution in [0.5, 0.6) is 0 Å². The van der Waals surface area contributed by atoms with Gasteiger partial charge in [0.25, 0.3) is 0 Å². The number of halogens is 1. The molecule has 3 nitrogen and oxygen atoms in total. The lowest BCUT2D eigenvalue weighted by Gasteiger charge is -2.34. The van der Waals surface area contributed by atoms with Crippen LogP contribution >= 0.6 is 11.6 Å². The van der Waals surface area contributed by atoms with Crippen LogP contribution in [-0.4, -0.2) is 35.6 Å². The summed E-state index contributed by atoms with van der Waals surface area (Å²) in [5.41, 5.74) is 1.07. The van der Waals surface area contributed by atoms with Gasteiger partial charge >= 0.3 is 0 Å². The summed E-state index contributed by atoms with van der Waals surface area (Å²) in [6.07, 6.45) is 3.73. The highest BCUT2D eigenvalue weighted by Crippen LogP contribution is 2.15. The molecule has 100 valence electrons. The molecule has 1 aliphatic heterocycles. The minimum Gasteiger partial charge on any atom is -0.315 e. The van der Waals surface area contributed by atoms with Crippen LogP contribution in [0.1, 0.15) is 31.9 Å². The van der Waals surface area contributed by atoms with Gasteiger partial charge in [-0.25, -0.2) is 4.98 Å². The van der Waals surface area contributed by atoms with Gasteiger partial charge < -0.3 is 5.32 Å². The fourth-order valence-corrected chi connectivity index (χ4v) is 2.75.